The van der Waals surface area contributed by atoms with Crippen molar-refractivity contribution in [1.29, 1.82) is 0 Å². The smallest absolute Gasteiger partial charge is 0.366 e. The number of halogens is 9. The fourth-order valence-corrected chi connectivity index (χ4v) is 3.38. The van der Waals surface area contributed by atoms with Gasteiger partial charge in [0.25, 0.3) is 0 Å². The molecule has 0 spiro atoms. The minimum Gasteiger partial charge on any atom is -0.366 e. The van der Waals surface area contributed by atoms with Crippen molar-refractivity contribution < 1.29 is 44.3 Å². The normalized spacial score (nSPS) is 13.4. The maximum atomic E-state index is 13.6. The van der Waals surface area contributed by atoms with Crippen LogP contribution in [0.2, 0.25) is 0 Å². The molecule has 1 heterocycles. The molecule has 2 aromatic carbocycles. The van der Waals surface area contributed by atoms with Gasteiger partial charge < -0.3 is 10.6 Å². The number of alkyl halides is 9. The highest BCUT2D eigenvalue weighted by atomic mass is 19.4. The molecule has 1 aromatic heterocycles. The number of nitrogens with zero attached hydrogens (tertiary/aromatic N) is 1. The van der Waals surface area contributed by atoms with Crippen LogP contribution in [0.5, 0.6) is 0 Å². The minimum absolute atomic E-state index is 0.142. The lowest BCUT2D eigenvalue weighted by Gasteiger charge is -2.22. The number of nitrogens with one attached hydrogen (secondary N) is 2. The molecule has 0 bridgehead atoms. The molecule has 1 amide bonds. The van der Waals surface area contributed by atoms with Crippen molar-refractivity contribution in [3.05, 3.63) is 101 Å². The molecule has 13 heteroatoms. The summed E-state index contributed by atoms with van der Waals surface area (Å²) in [6.45, 7) is -0.236. The third-order valence-corrected chi connectivity index (χ3v) is 5.15. The Kier molecular flexibility index (Phi) is 8.38. The third kappa shape index (κ3) is 7.73. The van der Waals surface area contributed by atoms with Crippen molar-refractivity contribution in [3.63, 3.8) is 0 Å². The van der Waals surface area contributed by atoms with Crippen LogP contribution < -0.4 is 10.6 Å². The van der Waals surface area contributed by atoms with Gasteiger partial charge in [-0.1, -0.05) is 30.3 Å². The maximum absolute atomic E-state index is 13.6. The number of hydrogen-bond donors (Lipinski definition) is 2. The molecule has 0 fully saturated rings. The fourth-order valence-electron chi connectivity index (χ4n) is 3.38. The third-order valence-electron chi connectivity index (χ3n) is 5.15. The zero-order valence-corrected chi connectivity index (χ0v) is 19.0. The lowest BCUT2D eigenvalue weighted by Crippen LogP contribution is -2.37. The van der Waals surface area contributed by atoms with E-state index in [1.807, 2.05) is 0 Å². The summed E-state index contributed by atoms with van der Waals surface area (Å²) < 4.78 is 120. The Morgan fingerprint density at radius 3 is 2.21 bits per heavy atom. The summed E-state index contributed by atoms with van der Waals surface area (Å²) in [5.74, 6) is -1.04. The molecule has 202 valence electrons. The van der Waals surface area contributed by atoms with Crippen LogP contribution in [0.3, 0.4) is 0 Å². The Labute approximate surface area is 210 Å². The van der Waals surface area contributed by atoms with Gasteiger partial charge in [-0.05, 0) is 53.1 Å². The van der Waals surface area contributed by atoms with Gasteiger partial charge in [-0.25, -0.2) is 4.98 Å². The first-order valence-corrected chi connectivity index (χ1v) is 10.7. The zero-order chi connectivity index (χ0) is 28.1. The SMILES string of the molecule is O=C(C=Cc1ccc(CNc2ccccn2)c(C(F)(F)F)c1)NC(c1cccc(C(F)(F)F)c1)C(F)(F)F. The van der Waals surface area contributed by atoms with E-state index in [4.69, 9.17) is 0 Å². The minimum atomic E-state index is -5.15. The molecule has 38 heavy (non-hydrogen) atoms. The van der Waals surface area contributed by atoms with E-state index in [1.54, 1.807) is 23.5 Å². The van der Waals surface area contributed by atoms with Gasteiger partial charge in [-0.3, -0.25) is 4.79 Å². The van der Waals surface area contributed by atoms with Crippen LogP contribution in [0.25, 0.3) is 6.08 Å². The van der Waals surface area contributed by atoms with E-state index >= 15 is 0 Å². The van der Waals surface area contributed by atoms with E-state index in [1.165, 1.54) is 12.3 Å². The van der Waals surface area contributed by atoms with Crippen molar-refractivity contribution in [1.82, 2.24) is 10.3 Å². The summed E-state index contributed by atoms with van der Waals surface area (Å²) in [4.78, 5) is 16.1. The van der Waals surface area contributed by atoms with Crippen molar-refractivity contribution in [2.45, 2.75) is 31.1 Å². The molecule has 0 saturated carbocycles. The van der Waals surface area contributed by atoms with Gasteiger partial charge in [0.05, 0.1) is 11.1 Å². The highest BCUT2D eigenvalue weighted by molar-refractivity contribution is 5.92. The van der Waals surface area contributed by atoms with Gasteiger partial charge in [0.1, 0.15) is 5.82 Å². The van der Waals surface area contributed by atoms with Crippen molar-refractivity contribution in [2.75, 3.05) is 5.32 Å². The van der Waals surface area contributed by atoms with Gasteiger partial charge in [0, 0.05) is 18.8 Å². The first-order chi connectivity index (χ1) is 17.6. The molecule has 0 radical (unpaired) electrons. The number of pyridine rings is 1. The average molecular weight is 547 g/mol. The predicted octanol–water partition coefficient (Wildman–Crippen LogP) is 7.16. The molecule has 2 N–H and O–H groups in total. The van der Waals surface area contributed by atoms with Gasteiger partial charge in [-0.15, -0.1) is 0 Å². The van der Waals surface area contributed by atoms with Crippen LogP contribution in [-0.2, 0) is 23.7 Å². The van der Waals surface area contributed by atoms with Gasteiger partial charge in [0.15, 0.2) is 6.04 Å². The fraction of sp³-hybridized carbons (Fsp3) is 0.200. The second-order valence-corrected chi connectivity index (χ2v) is 7.92. The molecule has 4 nitrogen and oxygen atoms in total. The van der Waals surface area contributed by atoms with E-state index in [2.05, 4.69) is 10.3 Å². The first kappa shape index (κ1) is 28.5. The van der Waals surface area contributed by atoms with Crippen LogP contribution in [0.1, 0.15) is 33.9 Å². The maximum Gasteiger partial charge on any atom is 0.416 e. The van der Waals surface area contributed by atoms with E-state index in [9.17, 15) is 44.3 Å². The molecule has 0 aliphatic carbocycles. The molecule has 0 aliphatic rings. The van der Waals surface area contributed by atoms with Crippen molar-refractivity contribution in [2.24, 2.45) is 0 Å². The van der Waals surface area contributed by atoms with Crippen LogP contribution in [0.4, 0.5) is 45.3 Å². The largest absolute Gasteiger partial charge is 0.416 e. The van der Waals surface area contributed by atoms with Crippen LogP contribution in [-0.4, -0.2) is 17.1 Å². The first-order valence-electron chi connectivity index (χ1n) is 10.7. The lowest BCUT2D eigenvalue weighted by molar-refractivity contribution is -0.162. The number of aromatic nitrogens is 1. The molecular formula is C25H18F9N3O. The average Bonchev–Trinajstić information content (AvgIpc) is 2.84. The van der Waals surface area contributed by atoms with Crippen molar-refractivity contribution >= 4 is 17.8 Å². The Balaban J connectivity index is 1.79. The van der Waals surface area contributed by atoms with E-state index in [-0.39, 0.29) is 23.7 Å². The van der Waals surface area contributed by atoms with Crippen LogP contribution in [0.15, 0.2) is 72.9 Å². The summed E-state index contributed by atoms with van der Waals surface area (Å²) in [5, 5.41) is 4.30. The van der Waals surface area contributed by atoms with Gasteiger partial charge >= 0.3 is 18.5 Å². The molecule has 1 atom stereocenters. The van der Waals surface area contributed by atoms with Gasteiger partial charge in [-0.2, -0.15) is 39.5 Å². The summed E-state index contributed by atoms with van der Waals surface area (Å²) in [5.41, 5.74) is -3.53. The molecule has 0 saturated heterocycles. The summed E-state index contributed by atoms with van der Waals surface area (Å²) in [6, 6.07) is 7.47. The number of anilines is 1. The van der Waals surface area contributed by atoms with E-state index < -0.39 is 47.2 Å². The number of carbonyl (C=O) groups excluding carboxylic acids is 1. The molecule has 3 aromatic rings. The highest BCUT2D eigenvalue weighted by Crippen LogP contribution is 2.36. The Hall–Kier alpha value is -4.03. The van der Waals surface area contributed by atoms with Crippen LogP contribution >= 0.6 is 0 Å². The summed E-state index contributed by atoms with van der Waals surface area (Å²) >= 11 is 0. The predicted molar refractivity (Wildman–Crippen MR) is 120 cm³/mol. The molecule has 0 aliphatic heterocycles. The lowest BCUT2D eigenvalue weighted by atomic mass is 10.0. The standard InChI is InChI=1S/C25H18F9N3O/c26-23(27,28)18-5-3-4-16(13-18)22(25(32,33)34)37-21(38)10-8-15-7-9-17(19(12-15)24(29,30)31)14-36-20-6-1-2-11-35-20/h1-13,22H,14H2,(H,35,36)(H,37,38). The molecular weight excluding hydrogens is 529 g/mol. The quantitative estimate of drug-likeness (QED) is 0.244. The topological polar surface area (TPSA) is 54.0 Å². The monoisotopic (exact) mass is 547 g/mol. The Morgan fingerprint density at radius 2 is 1.61 bits per heavy atom. The zero-order valence-electron chi connectivity index (χ0n) is 19.0. The summed E-state index contributed by atoms with van der Waals surface area (Å²) in [6.07, 6.45) is -12.0. The Morgan fingerprint density at radius 1 is 0.868 bits per heavy atom. The van der Waals surface area contributed by atoms with E-state index in [0.29, 0.717) is 24.0 Å². The Bertz CT molecular complexity index is 1280. The second-order valence-electron chi connectivity index (χ2n) is 7.92. The van der Waals surface area contributed by atoms with Gasteiger partial charge in [0.2, 0.25) is 5.91 Å². The summed E-state index contributed by atoms with van der Waals surface area (Å²) in [7, 11) is 0. The number of amides is 1. The number of rotatable bonds is 7. The van der Waals surface area contributed by atoms with E-state index in [0.717, 1.165) is 24.3 Å². The van der Waals surface area contributed by atoms with Crippen LogP contribution in [0, 0.1) is 0 Å². The molecule has 3 rings (SSSR count). The number of hydrogen-bond acceptors (Lipinski definition) is 3. The number of benzene rings is 2. The number of carbonyl (C=O) groups is 1. The highest BCUT2D eigenvalue weighted by Gasteiger charge is 2.42. The molecule has 1 unspecified atom stereocenters. The second kappa shape index (κ2) is 11.2. The van der Waals surface area contributed by atoms with Crippen molar-refractivity contribution in [3.8, 4) is 0 Å².